The summed E-state index contributed by atoms with van der Waals surface area (Å²) in [5, 5.41) is 12.6. The highest BCUT2D eigenvalue weighted by Crippen LogP contribution is 2.54. The average Bonchev–Trinajstić information content (AvgIpc) is 3.55. The Morgan fingerprint density at radius 2 is 2.08 bits per heavy atom. The number of carbonyl (C=O) groups excluding carboxylic acids is 1. The summed E-state index contributed by atoms with van der Waals surface area (Å²) in [5.41, 5.74) is 1.36. The number of amides is 1. The normalized spacial score (nSPS) is 21.8. The molecule has 1 amide bonds. The van der Waals surface area contributed by atoms with Crippen molar-refractivity contribution in [2.24, 2.45) is 0 Å². The molecule has 6 heteroatoms. The molecule has 2 saturated carbocycles. The minimum atomic E-state index is 0.0794. The van der Waals surface area contributed by atoms with E-state index in [-0.39, 0.29) is 5.91 Å². The third-order valence-electron chi connectivity index (χ3n) is 4.68. The van der Waals surface area contributed by atoms with Gasteiger partial charge in [-0.15, -0.1) is 16.8 Å². The molecule has 0 radical (unpaired) electrons. The maximum atomic E-state index is 11.9. The fraction of sp³-hybridized carbons (Fsp3) is 0.421. The second-order valence-corrected chi connectivity index (χ2v) is 7.67. The van der Waals surface area contributed by atoms with Crippen LogP contribution in [0.4, 0.5) is 0 Å². The van der Waals surface area contributed by atoms with Crippen LogP contribution in [-0.2, 0) is 11.3 Å². The lowest BCUT2D eigenvalue weighted by Gasteiger charge is -2.08. The van der Waals surface area contributed by atoms with Gasteiger partial charge in [-0.3, -0.25) is 4.79 Å². The van der Waals surface area contributed by atoms with Gasteiger partial charge in [0.05, 0.1) is 5.75 Å². The first-order chi connectivity index (χ1) is 12.3. The Bertz CT molecular complexity index is 769. The van der Waals surface area contributed by atoms with E-state index in [2.05, 4.69) is 50.9 Å². The molecule has 130 valence electrons. The first-order valence-corrected chi connectivity index (χ1v) is 9.76. The van der Waals surface area contributed by atoms with Gasteiger partial charge in [0.2, 0.25) is 5.91 Å². The number of benzene rings is 1. The van der Waals surface area contributed by atoms with Crippen molar-refractivity contribution in [3.05, 3.63) is 54.4 Å². The Labute approximate surface area is 151 Å². The summed E-state index contributed by atoms with van der Waals surface area (Å²) in [7, 11) is 0. The Balaban J connectivity index is 1.44. The fourth-order valence-electron chi connectivity index (χ4n) is 3.16. The Kier molecular flexibility index (Phi) is 4.61. The molecule has 1 N–H and O–H groups in total. The van der Waals surface area contributed by atoms with Crippen LogP contribution in [0.25, 0.3) is 0 Å². The van der Waals surface area contributed by atoms with Gasteiger partial charge in [0.15, 0.2) is 5.16 Å². The number of thioether (sulfide) groups is 1. The van der Waals surface area contributed by atoms with Crippen LogP contribution in [0.2, 0.25) is 0 Å². The van der Waals surface area contributed by atoms with Gasteiger partial charge in [0, 0.05) is 18.5 Å². The standard InChI is InChI=1S/C19H22N4OS/c1-2-10-23-18(16-11-15(16)13-6-4-3-5-7-13)21-22-19(23)25-12-17(24)20-14-8-9-14/h2-7,14-16H,1,8-12H2,(H,20,24). The van der Waals surface area contributed by atoms with Crippen molar-refractivity contribution >= 4 is 17.7 Å². The fourth-order valence-corrected chi connectivity index (χ4v) is 3.92. The maximum absolute atomic E-state index is 11.9. The molecule has 25 heavy (non-hydrogen) atoms. The molecule has 0 aliphatic heterocycles. The van der Waals surface area contributed by atoms with Crippen LogP contribution < -0.4 is 5.32 Å². The first kappa shape index (κ1) is 16.4. The van der Waals surface area contributed by atoms with E-state index in [0.29, 0.717) is 30.2 Å². The van der Waals surface area contributed by atoms with E-state index >= 15 is 0 Å². The van der Waals surface area contributed by atoms with Gasteiger partial charge in [-0.2, -0.15) is 0 Å². The summed E-state index contributed by atoms with van der Waals surface area (Å²) < 4.78 is 2.11. The van der Waals surface area contributed by atoms with Gasteiger partial charge in [0.1, 0.15) is 5.82 Å². The predicted octanol–water partition coefficient (Wildman–Crippen LogP) is 3.11. The average molecular weight is 354 g/mol. The predicted molar refractivity (Wildman–Crippen MR) is 98.6 cm³/mol. The van der Waals surface area contributed by atoms with Gasteiger partial charge in [-0.05, 0) is 30.7 Å². The quantitative estimate of drug-likeness (QED) is 0.584. The first-order valence-electron chi connectivity index (χ1n) is 8.77. The Morgan fingerprint density at radius 3 is 2.80 bits per heavy atom. The van der Waals surface area contributed by atoms with Crippen LogP contribution in [0.3, 0.4) is 0 Å². The number of hydrogen-bond donors (Lipinski definition) is 1. The third-order valence-corrected chi connectivity index (χ3v) is 5.65. The highest BCUT2D eigenvalue weighted by molar-refractivity contribution is 7.99. The molecule has 0 saturated heterocycles. The molecule has 2 aliphatic rings. The molecular weight excluding hydrogens is 332 g/mol. The van der Waals surface area contributed by atoms with Crippen molar-refractivity contribution in [1.82, 2.24) is 20.1 Å². The van der Waals surface area contributed by atoms with Gasteiger partial charge in [-0.1, -0.05) is 48.2 Å². The van der Waals surface area contributed by atoms with Crippen LogP contribution in [-0.4, -0.2) is 32.5 Å². The molecule has 1 aromatic heterocycles. The van der Waals surface area contributed by atoms with Crippen molar-refractivity contribution in [3.63, 3.8) is 0 Å². The summed E-state index contributed by atoms with van der Waals surface area (Å²) >= 11 is 1.46. The Hall–Kier alpha value is -2.08. The highest BCUT2D eigenvalue weighted by atomic mass is 32.2. The molecule has 1 heterocycles. The maximum Gasteiger partial charge on any atom is 0.230 e. The lowest BCUT2D eigenvalue weighted by molar-refractivity contribution is -0.118. The number of carbonyl (C=O) groups is 1. The van der Waals surface area contributed by atoms with Gasteiger partial charge >= 0.3 is 0 Å². The molecule has 2 aromatic rings. The lowest BCUT2D eigenvalue weighted by Crippen LogP contribution is -2.27. The van der Waals surface area contributed by atoms with Crippen LogP contribution in [0, 0.1) is 0 Å². The van der Waals surface area contributed by atoms with E-state index < -0.39 is 0 Å². The zero-order chi connectivity index (χ0) is 17.2. The molecule has 2 fully saturated rings. The topological polar surface area (TPSA) is 59.8 Å². The van der Waals surface area contributed by atoms with Crippen molar-refractivity contribution in [2.75, 3.05) is 5.75 Å². The van der Waals surface area contributed by atoms with Crippen molar-refractivity contribution in [3.8, 4) is 0 Å². The molecule has 0 bridgehead atoms. The summed E-state index contributed by atoms with van der Waals surface area (Å²) in [4.78, 5) is 11.9. The second-order valence-electron chi connectivity index (χ2n) is 6.73. The van der Waals surface area contributed by atoms with Crippen LogP contribution in [0.15, 0.2) is 48.1 Å². The number of rotatable bonds is 8. The number of aromatic nitrogens is 3. The number of nitrogens with zero attached hydrogens (tertiary/aromatic N) is 3. The smallest absolute Gasteiger partial charge is 0.230 e. The van der Waals surface area contributed by atoms with Crippen LogP contribution in [0.5, 0.6) is 0 Å². The SMILES string of the molecule is C=CCn1c(SCC(=O)NC2CC2)nnc1C1CC1c1ccccc1. The lowest BCUT2D eigenvalue weighted by atomic mass is 10.1. The van der Waals surface area contributed by atoms with Crippen molar-refractivity contribution in [1.29, 1.82) is 0 Å². The summed E-state index contributed by atoms with van der Waals surface area (Å²) in [6.45, 7) is 4.53. The highest BCUT2D eigenvalue weighted by Gasteiger charge is 2.43. The molecule has 0 spiro atoms. The zero-order valence-corrected chi connectivity index (χ0v) is 14.9. The summed E-state index contributed by atoms with van der Waals surface area (Å²) in [6, 6.07) is 11.0. The molecule has 2 unspecified atom stereocenters. The molecule has 5 nitrogen and oxygen atoms in total. The van der Waals surface area contributed by atoms with E-state index in [4.69, 9.17) is 0 Å². The zero-order valence-electron chi connectivity index (χ0n) is 14.1. The van der Waals surface area contributed by atoms with Crippen LogP contribution >= 0.6 is 11.8 Å². The van der Waals surface area contributed by atoms with Crippen LogP contribution in [0.1, 0.15) is 42.5 Å². The third kappa shape index (κ3) is 3.79. The van der Waals surface area contributed by atoms with Gasteiger partial charge < -0.3 is 9.88 Å². The molecule has 2 aliphatic carbocycles. The number of allylic oxidation sites excluding steroid dienone is 1. The monoisotopic (exact) mass is 354 g/mol. The molecule has 2 atom stereocenters. The Morgan fingerprint density at radius 1 is 1.28 bits per heavy atom. The van der Waals surface area contributed by atoms with Gasteiger partial charge in [0.25, 0.3) is 0 Å². The number of nitrogens with one attached hydrogen (secondary N) is 1. The number of hydrogen-bond acceptors (Lipinski definition) is 4. The summed E-state index contributed by atoms with van der Waals surface area (Å²) in [5.74, 6) is 2.41. The van der Waals surface area contributed by atoms with E-state index in [0.717, 1.165) is 30.2 Å². The van der Waals surface area contributed by atoms with E-state index in [1.165, 1.54) is 17.3 Å². The largest absolute Gasteiger partial charge is 0.353 e. The van der Waals surface area contributed by atoms with E-state index in [1.54, 1.807) is 0 Å². The molecule has 1 aromatic carbocycles. The van der Waals surface area contributed by atoms with E-state index in [9.17, 15) is 4.79 Å². The molecular formula is C19H22N4OS. The van der Waals surface area contributed by atoms with E-state index in [1.807, 2.05) is 12.1 Å². The van der Waals surface area contributed by atoms with Gasteiger partial charge in [-0.25, -0.2) is 0 Å². The minimum Gasteiger partial charge on any atom is -0.353 e. The second kappa shape index (κ2) is 7.04. The minimum absolute atomic E-state index is 0.0794. The van der Waals surface area contributed by atoms with Crippen molar-refractivity contribution in [2.45, 2.75) is 48.8 Å². The molecule has 4 rings (SSSR count). The summed E-state index contributed by atoms with van der Waals surface area (Å²) in [6.07, 6.45) is 5.18. The van der Waals surface area contributed by atoms with Crippen molar-refractivity contribution < 1.29 is 4.79 Å².